The zero-order valence-electron chi connectivity index (χ0n) is 20.9. The summed E-state index contributed by atoms with van der Waals surface area (Å²) >= 11 is 6.16. The van der Waals surface area contributed by atoms with E-state index in [1.54, 1.807) is 19.1 Å². The average Bonchev–Trinajstić information content (AvgIpc) is 2.85. The Kier molecular flexibility index (Phi) is 8.27. The Bertz CT molecular complexity index is 1220. The minimum absolute atomic E-state index is 0.0443. The molecule has 4 rings (SSSR count). The van der Waals surface area contributed by atoms with Gasteiger partial charge in [0.15, 0.2) is 0 Å². The van der Waals surface area contributed by atoms with Gasteiger partial charge >= 0.3 is 0 Å². The van der Waals surface area contributed by atoms with Crippen LogP contribution in [0, 0.1) is 25.1 Å². The second-order valence-electron chi connectivity index (χ2n) is 10.2. The van der Waals surface area contributed by atoms with E-state index in [4.69, 9.17) is 16.3 Å². The monoisotopic (exact) mass is 536 g/mol. The molecular weight excluding hydrogens is 503 g/mol. The van der Waals surface area contributed by atoms with E-state index >= 15 is 0 Å². The highest BCUT2D eigenvalue weighted by Gasteiger charge is 2.43. The van der Waals surface area contributed by atoms with Crippen LogP contribution in [0.15, 0.2) is 41.3 Å². The summed E-state index contributed by atoms with van der Waals surface area (Å²) in [6.07, 6.45) is 4.60. The van der Waals surface area contributed by atoms with Crippen molar-refractivity contribution in [2.45, 2.75) is 57.3 Å². The molecule has 2 aliphatic heterocycles. The molecule has 2 saturated heterocycles. The molecule has 196 valence electrons. The Labute approximate surface area is 218 Å². The molecule has 36 heavy (non-hydrogen) atoms. The third-order valence-corrected chi connectivity index (χ3v) is 9.72. The molecule has 0 bridgehead atoms. The van der Waals surface area contributed by atoms with Crippen molar-refractivity contribution < 1.29 is 22.3 Å². The van der Waals surface area contributed by atoms with Gasteiger partial charge in [0.25, 0.3) is 0 Å². The number of carbonyl (C=O) groups excluding carboxylic acids is 1. The zero-order chi connectivity index (χ0) is 25.9. The average molecular weight is 537 g/mol. The van der Waals surface area contributed by atoms with Gasteiger partial charge < -0.3 is 9.64 Å². The fraction of sp³-hybridized carbons (Fsp3) is 0.519. The van der Waals surface area contributed by atoms with Crippen LogP contribution in [0.5, 0.6) is 5.75 Å². The maximum atomic E-state index is 13.7. The lowest BCUT2D eigenvalue weighted by Crippen LogP contribution is -2.51. The first-order valence-electron chi connectivity index (χ1n) is 12.5. The van der Waals surface area contributed by atoms with Crippen molar-refractivity contribution in [2.24, 2.45) is 5.41 Å². The van der Waals surface area contributed by atoms with Gasteiger partial charge in [0.2, 0.25) is 15.9 Å². The molecule has 6 nitrogen and oxygen atoms in total. The van der Waals surface area contributed by atoms with Crippen LogP contribution in [0.25, 0.3) is 0 Å². The molecular formula is C27H34ClFN2O4S. The smallest absolute Gasteiger partial charge is 0.243 e. The van der Waals surface area contributed by atoms with Crippen molar-refractivity contribution >= 4 is 27.5 Å². The highest BCUT2D eigenvalue weighted by Crippen LogP contribution is 2.38. The summed E-state index contributed by atoms with van der Waals surface area (Å²) in [4.78, 5) is 15.3. The largest absolute Gasteiger partial charge is 0.493 e. The van der Waals surface area contributed by atoms with Crippen LogP contribution in [-0.4, -0.2) is 56.3 Å². The van der Waals surface area contributed by atoms with E-state index < -0.39 is 21.3 Å². The van der Waals surface area contributed by atoms with Crippen LogP contribution in [0.1, 0.15) is 49.7 Å². The van der Waals surface area contributed by atoms with Crippen molar-refractivity contribution in [1.29, 1.82) is 0 Å². The van der Waals surface area contributed by atoms with E-state index in [0.29, 0.717) is 35.7 Å². The van der Waals surface area contributed by atoms with Gasteiger partial charge in [-0.3, -0.25) is 4.79 Å². The lowest BCUT2D eigenvalue weighted by atomic mass is 9.78. The molecule has 0 spiro atoms. The topological polar surface area (TPSA) is 66.9 Å². The number of likely N-dealkylation sites (tertiary alicyclic amines) is 1. The number of sulfonamides is 1. The first-order valence-corrected chi connectivity index (χ1v) is 14.3. The van der Waals surface area contributed by atoms with Crippen LogP contribution in [-0.2, 0) is 14.8 Å². The molecule has 0 aliphatic carbocycles. The summed E-state index contributed by atoms with van der Waals surface area (Å²) in [6, 6.07) is 9.13. The second kappa shape index (κ2) is 11.1. The minimum atomic E-state index is -3.87. The number of piperidine rings is 2. The number of ether oxygens (including phenoxy) is 1. The summed E-state index contributed by atoms with van der Waals surface area (Å²) < 4.78 is 48.5. The molecule has 2 heterocycles. The van der Waals surface area contributed by atoms with Gasteiger partial charge in [0, 0.05) is 43.0 Å². The Morgan fingerprint density at radius 3 is 2.47 bits per heavy atom. The van der Waals surface area contributed by atoms with Crippen LogP contribution < -0.4 is 4.74 Å². The van der Waals surface area contributed by atoms with Gasteiger partial charge in [-0.15, -0.1) is 0 Å². The SMILES string of the molecule is Cc1cc(OC[C@]2(CC(=O)N3CCCCC3)CCCN(S(=O)(=O)c3ccc(F)cc3C)C2)ccc1Cl. The first-order chi connectivity index (χ1) is 17.1. The maximum Gasteiger partial charge on any atom is 0.243 e. The van der Waals surface area contributed by atoms with E-state index in [2.05, 4.69) is 0 Å². The highest BCUT2D eigenvalue weighted by molar-refractivity contribution is 7.89. The van der Waals surface area contributed by atoms with E-state index in [1.807, 2.05) is 17.9 Å². The molecule has 0 unspecified atom stereocenters. The summed E-state index contributed by atoms with van der Waals surface area (Å²) in [5.41, 5.74) is 0.567. The lowest BCUT2D eigenvalue weighted by Gasteiger charge is -2.42. The molecule has 1 amide bonds. The van der Waals surface area contributed by atoms with Crippen molar-refractivity contribution in [3.63, 3.8) is 0 Å². The third kappa shape index (κ3) is 6.03. The Hall–Kier alpha value is -2.16. The van der Waals surface area contributed by atoms with E-state index in [-0.39, 0.29) is 30.4 Å². The van der Waals surface area contributed by atoms with Gasteiger partial charge in [-0.25, -0.2) is 12.8 Å². The van der Waals surface area contributed by atoms with Gasteiger partial charge in [-0.1, -0.05) is 11.6 Å². The number of benzene rings is 2. The first kappa shape index (κ1) is 26.9. The van der Waals surface area contributed by atoms with E-state index in [1.165, 1.54) is 22.5 Å². The number of carbonyl (C=O) groups is 1. The molecule has 9 heteroatoms. The Balaban J connectivity index is 1.60. The number of rotatable bonds is 7. The van der Waals surface area contributed by atoms with Crippen molar-refractivity contribution in [1.82, 2.24) is 9.21 Å². The van der Waals surface area contributed by atoms with Gasteiger partial charge in [0.05, 0.1) is 11.5 Å². The number of nitrogens with zero attached hydrogens (tertiary/aromatic N) is 2. The summed E-state index contributed by atoms with van der Waals surface area (Å²) in [6.45, 7) is 5.69. The summed E-state index contributed by atoms with van der Waals surface area (Å²) in [5, 5.41) is 0.641. The number of halogens is 2. The van der Waals surface area contributed by atoms with Crippen LogP contribution in [0.3, 0.4) is 0 Å². The molecule has 0 N–H and O–H groups in total. The van der Waals surface area contributed by atoms with Crippen molar-refractivity contribution in [3.8, 4) is 5.75 Å². The maximum absolute atomic E-state index is 13.7. The normalized spacial score (nSPS) is 21.4. The molecule has 0 radical (unpaired) electrons. The molecule has 2 aromatic carbocycles. The number of aryl methyl sites for hydroxylation is 2. The van der Waals surface area contributed by atoms with Crippen molar-refractivity contribution in [3.05, 3.63) is 58.4 Å². The molecule has 1 atom stereocenters. The van der Waals surface area contributed by atoms with Crippen LogP contribution in [0.2, 0.25) is 5.02 Å². The van der Waals surface area contributed by atoms with Gasteiger partial charge in [-0.2, -0.15) is 4.31 Å². The fourth-order valence-corrected chi connectivity index (χ4v) is 7.16. The Morgan fingerprint density at radius 2 is 1.78 bits per heavy atom. The zero-order valence-corrected chi connectivity index (χ0v) is 22.5. The standard InChI is InChI=1S/C27H34ClFN2O4S/c1-20-16-23(8-9-24(20)28)35-19-27(17-26(32)30-12-4-3-5-13-30)11-6-14-31(18-27)36(33,34)25-10-7-22(29)15-21(25)2/h7-10,15-16H,3-6,11-14,17-19H2,1-2H3/t27-/m0/s1. The van der Waals surface area contributed by atoms with Gasteiger partial charge in [0.1, 0.15) is 11.6 Å². The van der Waals surface area contributed by atoms with Gasteiger partial charge in [-0.05, 0) is 93.5 Å². The van der Waals surface area contributed by atoms with Crippen LogP contribution in [0.4, 0.5) is 4.39 Å². The molecule has 2 aliphatic rings. The molecule has 2 fully saturated rings. The quantitative estimate of drug-likeness (QED) is 0.478. The predicted octanol–water partition coefficient (Wildman–Crippen LogP) is 5.35. The second-order valence-corrected chi connectivity index (χ2v) is 12.5. The molecule has 2 aromatic rings. The summed E-state index contributed by atoms with van der Waals surface area (Å²) in [5.74, 6) is 0.206. The van der Waals surface area contributed by atoms with E-state index in [9.17, 15) is 17.6 Å². The molecule has 0 aromatic heterocycles. The third-order valence-electron chi connectivity index (χ3n) is 7.29. The number of amides is 1. The van der Waals surface area contributed by atoms with Crippen LogP contribution >= 0.6 is 11.6 Å². The highest BCUT2D eigenvalue weighted by atomic mass is 35.5. The van der Waals surface area contributed by atoms with Crippen molar-refractivity contribution in [2.75, 3.05) is 32.8 Å². The predicted molar refractivity (Wildman–Crippen MR) is 138 cm³/mol. The minimum Gasteiger partial charge on any atom is -0.493 e. The Morgan fingerprint density at radius 1 is 1.03 bits per heavy atom. The number of hydrogen-bond donors (Lipinski definition) is 0. The lowest BCUT2D eigenvalue weighted by molar-refractivity contribution is -0.136. The van der Waals surface area contributed by atoms with E-state index in [0.717, 1.165) is 37.9 Å². The number of hydrogen-bond acceptors (Lipinski definition) is 4. The molecule has 0 saturated carbocycles. The fourth-order valence-electron chi connectivity index (χ4n) is 5.24. The summed E-state index contributed by atoms with van der Waals surface area (Å²) in [7, 11) is -3.87.